The van der Waals surface area contributed by atoms with Crippen molar-refractivity contribution in [2.24, 2.45) is 15.3 Å². The maximum Gasteiger partial charge on any atom is 0.213 e. The van der Waals surface area contributed by atoms with Crippen molar-refractivity contribution in [2.45, 2.75) is 51.6 Å². The van der Waals surface area contributed by atoms with Gasteiger partial charge in [-0.2, -0.15) is 24.4 Å². The first-order valence-corrected chi connectivity index (χ1v) is 26.9. The summed E-state index contributed by atoms with van der Waals surface area (Å²) in [6.07, 6.45) is 19.4. The Morgan fingerprint density at radius 3 is 1.18 bits per heavy atom. The number of pyridine rings is 3. The fourth-order valence-electron chi connectivity index (χ4n) is 8.15. The summed E-state index contributed by atoms with van der Waals surface area (Å²) in [5, 5.41) is 25.4. The fourth-order valence-corrected chi connectivity index (χ4v) is 8.94. The quantitative estimate of drug-likeness (QED) is 0.0271. The number of anilines is 3. The van der Waals surface area contributed by atoms with E-state index in [1.165, 1.54) is 41.1 Å². The van der Waals surface area contributed by atoms with Crippen molar-refractivity contribution >= 4 is 100 Å². The molecule has 0 N–H and O–H groups in total. The summed E-state index contributed by atoms with van der Waals surface area (Å²) in [6.45, 7) is 1.97. The van der Waals surface area contributed by atoms with E-state index in [0.717, 1.165) is 87.7 Å². The second-order valence-corrected chi connectivity index (χ2v) is 18.8. The fraction of sp³-hybridized carbons (Fsp3) is 0.213. The number of hydrazone groups is 3. The van der Waals surface area contributed by atoms with Crippen LogP contribution in [-0.2, 0) is 13.1 Å². The smallest absolute Gasteiger partial charge is 0.213 e. The van der Waals surface area contributed by atoms with Gasteiger partial charge in [-0.25, -0.2) is 0 Å². The van der Waals surface area contributed by atoms with Crippen LogP contribution in [0.4, 0.5) is 17.1 Å². The SMILES string of the molecule is BrCCCCCBr.CN(/N=C/c1cc[n+](CCCCC[n+]2ccc(/C=N/N(C)c3ccccc3)c3ccccc32)c2ccccc12)c1ccccc1.CN(/N=C/c1ccnc2ccccc12)c1ccccc1.[Br-].[Br-]. The highest BCUT2D eigenvalue weighted by molar-refractivity contribution is 9.09. The summed E-state index contributed by atoms with van der Waals surface area (Å²) in [6, 6.07) is 62.1. The Labute approximate surface area is 475 Å². The zero-order valence-electron chi connectivity index (χ0n) is 42.4. The second kappa shape index (κ2) is 32.2. The Morgan fingerprint density at radius 2 is 0.757 bits per heavy atom. The molecule has 3 heterocycles. The molecule has 74 heavy (non-hydrogen) atoms. The van der Waals surface area contributed by atoms with Crippen LogP contribution in [0.15, 0.2) is 216 Å². The summed E-state index contributed by atoms with van der Waals surface area (Å²) < 4.78 is 4.74. The van der Waals surface area contributed by atoms with E-state index < -0.39 is 0 Å². The van der Waals surface area contributed by atoms with Crippen LogP contribution in [0.5, 0.6) is 0 Å². The number of halogens is 4. The summed E-state index contributed by atoms with van der Waals surface area (Å²) in [7, 11) is 5.90. The number of hydrogen-bond donors (Lipinski definition) is 0. The Kier molecular flexibility index (Phi) is 25.6. The highest BCUT2D eigenvalue weighted by Crippen LogP contribution is 2.19. The normalized spacial score (nSPS) is 10.9. The zero-order valence-corrected chi connectivity index (χ0v) is 48.7. The van der Waals surface area contributed by atoms with E-state index in [1.54, 1.807) is 0 Å². The van der Waals surface area contributed by atoms with E-state index >= 15 is 0 Å². The molecule has 9 aromatic rings. The van der Waals surface area contributed by atoms with Crippen molar-refractivity contribution in [1.29, 1.82) is 0 Å². The van der Waals surface area contributed by atoms with Crippen molar-refractivity contribution in [3.63, 3.8) is 0 Å². The van der Waals surface area contributed by atoms with Gasteiger partial charge in [0.05, 0.1) is 52.0 Å². The number of hydrogen-bond acceptors (Lipinski definition) is 7. The highest BCUT2D eigenvalue weighted by Gasteiger charge is 2.14. The molecular weight excluding hydrogens is 1180 g/mol. The molecule has 9 nitrogen and oxygen atoms in total. The van der Waals surface area contributed by atoms with Crippen molar-refractivity contribution < 1.29 is 43.1 Å². The van der Waals surface area contributed by atoms with Gasteiger partial charge in [-0.1, -0.05) is 135 Å². The molecule has 9 rings (SSSR count). The summed E-state index contributed by atoms with van der Waals surface area (Å²) in [5.41, 5.74) is 9.94. The molecule has 0 aliphatic heterocycles. The first-order chi connectivity index (χ1) is 35.4. The van der Waals surface area contributed by atoms with Gasteiger partial charge in [-0.3, -0.25) is 20.0 Å². The van der Waals surface area contributed by atoms with Gasteiger partial charge in [0.2, 0.25) is 11.0 Å². The molecule has 0 atom stereocenters. The molecule has 0 saturated carbocycles. The van der Waals surface area contributed by atoms with Crippen LogP contribution in [0, 0.1) is 0 Å². The minimum Gasteiger partial charge on any atom is -1.00 e. The number of fused-ring (bicyclic) bond motifs is 3. The standard InChI is InChI=1S/C39H40N6.C17H15N3.C5H10Br2.2BrH/c1-42(34-16-6-3-7-17-34)40-30-32-24-28-44(38-22-12-10-20-36(32)38)26-14-5-15-27-45-29-25-33(37-21-11-13-23-39(37)45)31-41-43(2)35-18-8-4-9-19-35;1-20(15-7-3-2-4-8-15)19-13-14-11-12-18-17-10-6-5-9-16(14)17;6-4-2-1-3-5-7;;/h3-4,6-13,16-25,28-31H,5,14-15,26-27H2,1-2H3;2-13H,1H3;1-5H2;2*1H/q+2;;;;/p-2/b;19-13+;;;. The van der Waals surface area contributed by atoms with E-state index in [2.05, 4.69) is 154 Å². The average Bonchev–Trinajstić information content (AvgIpc) is 3.44. The van der Waals surface area contributed by atoms with Crippen LogP contribution in [0.1, 0.15) is 55.2 Å². The molecule has 0 amide bonds. The predicted molar refractivity (Wildman–Crippen MR) is 313 cm³/mol. The number of aryl methyl sites for hydroxylation is 2. The third-order valence-electron chi connectivity index (χ3n) is 12.2. The Morgan fingerprint density at radius 1 is 0.405 bits per heavy atom. The van der Waals surface area contributed by atoms with Gasteiger partial charge < -0.3 is 34.0 Å². The van der Waals surface area contributed by atoms with Gasteiger partial charge in [0.15, 0.2) is 12.4 Å². The molecule has 0 aliphatic carbocycles. The van der Waals surface area contributed by atoms with Crippen LogP contribution in [0.25, 0.3) is 32.7 Å². The van der Waals surface area contributed by atoms with E-state index in [4.69, 9.17) is 10.2 Å². The monoisotopic (exact) mass is 1240 g/mol. The van der Waals surface area contributed by atoms with E-state index in [9.17, 15) is 0 Å². The van der Waals surface area contributed by atoms with Crippen molar-refractivity contribution in [1.82, 2.24) is 4.98 Å². The molecule has 3 aromatic heterocycles. The van der Waals surface area contributed by atoms with Crippen molar-refractivity contribution in [2.75, 3.05) is 46.8 Å². The summed E-state index contributed by atoms with van der Waals surface area (Å²) in [5.74, 6) is 0. The van der Waals surface area contributed by atoms with E-state index in [0.29, 0.717) is 0 Å². The van der Waals surface area contributed by atoms with Gasteiger partial charge >= 0.3 is 0 Å². The number of unbranched alkanes of at least 4 members (excludes halogenated alkanes) is 4. The van der Waals surface area contributed by atoms with Crippen LogP contribution in [0.2, 0.25) is 0 Å². The first kappa shape index (κ1) is 58.8. The Bertz CT molecular complexity index is 2990. The van der Waals surface area contributed by atoms with Crippen molar-refractivity contribution in [3.05, 3.63) is 217 Å². The molecule has 13 heteroatoms. The predicted octanol–water partition coefficient (Wildman–Crippen LogP) is 8.04. The topological polar surface area (TPSA) is 67.5 Å². The molecule has 0 fully saturated rings. The van der Waals surface area contributed by atoms with Crippen LogP contribution >= 0.6 is 31.9 Å². The Balaban J connectivity index is 0.000000289. The summed E-state index contributed by atoms with van der Waals surface area (Å²) >= 11 is 6.73. The van der Waals surface area contributed by atoms with Crippen LogP contribution in [-0.4, -0.2) is 55.4 Å². The average molecular weight is 1240 g/mol. The molecule has 0 unspecified atom stereocenters. The highest BCUT2D eigenvalue weighted by atomic mass is 79.9. The Hall–Kier alpha value is -6.12. The lowest BCUT2D eigenvalue weighted by molar-refractivity contribution is -0.675. The number of para-hydroxylation sites is 6. The maximum absolute atomic E-state index is 4.70. The number of rotatable bonds is 19. The number of aromatic nitrogens is 3. The molecule has 0 spiro atoms. The minimum absolute atomic E-state index is 0. The third kappa shape index (κ3) is 17.5. The van der Waals surface area contributed by atoms with E-state index in [-0.39, 0.29) is 34.0 Å². The van der Waals surface area contributed by atoms with E-state index in [1.807, 2.05) is 152 Å². The largest absolute Gasteiger partial charge is 1.00 e. The number of benzene rings is 6. The van der Waals surface area contributed by atoms with Crippen LogP contribution in [0.3, 0.4) is 0 Å². The zero-order chi connectivity index (χ0) is 50.2. The number of alkyl halides is 2. The molecule has 0 radical (unpaired) electrons. The summed E-state index contributed by atoms with van der Waals surface area (Å²) in [4.78, 5) is 4.35. The minimum atomic E-state index is 0. The third-order valence-corrected chi connectivity index (χ3v) is 13.3. The molecule has 382 valence electrons. The molecular formula is C61H65Br4N9. The van der Waals surface area contributed by atoms with Gasteiger partial charge in [0, 0.05) is 97.2 Å². The van der Waals surface area contributed by atoms with Crippen LogP contribution < -0.4 is 58.1 Å². The second-order valence-electron chi connectivity index (χ2n) is 17.2. The van der Waals surface area contributed by atoms with Gasteiger partial charge in [-0.15, -0.1) is 0 Å². The van der Waals surface area contributed by atoms with Crippen molar-refractivity contribution in [3.8, 4) is 0 Å². The first-order valence-electron chi connectivity index (χ1n) is 24.7. The lowest BCUT2D eigenvalue weighted by atomic mass is 10.1. The maximum atomic E-state index is 4.70. The van der Waals surface area contributed by atoms with Gasteiger partial charge in [-0.05, 0) is 79.9 Å². The van der Waals surface area contributed by atoms with Gasteiger partial charge in [0.25, 0.3) is 0 Å². The molecule has 0 bridgehead atoms. The lowest BCUT2D eigenvalue weighted by Crippen LogP contribution is -3.00. The molecule has 0 saturated heterocycles. The molecule has 0 aliphatic rings. The number of nitrogens with zero attached hydrogens (tertiary/aromatic N) is 9. The molecule has 6 aromatic carbocycles. The lowest BCUT2D eigenvalue weighted by Gasteiger charge is -2.12. The van der Waals surface area contributed by atoms with Gasteiger partial charge in [0.1, 0.15) is 13.1 Å².